The molecule has 0 bridgehead atoms. The quantitative estimate of drug-likeness (QED) is 0.739. The van der Waals surface area contributed by atoms with Gasteiger partial charge in [-0.05, 0) is 43.2 Å². The first-order chi connectivity index (χ1) is 9.27. The van der Waals surface area contributed by atoms with E-state index in [1.165, 1.54) is 6.07 Å². The molecule has 0 amide bonds. The Hall–Kier alpha value is -1.56. The molecule has 106 valence electrons. The fourth-order valence-electron chi connectivity index (χ4n) is 1.69. The van der Waals surface area contributed by atoms with Crippen molar-refractivity contribution < 1.29 is 17.9 Å². The first kappa shape index (κ1) is 14.8. The van der Waals surface area contributed by atoms with E-state index in [0.717, 1.165) is 27.9 Å². The molecule has 0 aliphatic heterocycles. The lowest BCUT2D eigenvalue weighted by Crippen LogP contribution is -2.05. The molecule has 1 heterocycles. The van der Waals surface area contributed by atoms with Gasteiger partial charge in [0.25, 0.3) is 0 Å². The van der Waals surface area contributed by atoms with Crippen LogP contribution < -0.4 is 4.74 Å². The zero-order chi connectivity index (χ0) is 14.9. The highest BCUT2D eigenvalue weighted by Gasteiger charge is 2.30. The van der Waals surface area contributed by atoms with Crippen molar-refractivity contribution in [3.05, 3.63) is 51.6 Å². The fourth-order valence-corrected chi connectivity index (χ4v) is 1.92. The average molecular weight is 346 g/mol. The van der Waals surface area contributed by atoms with E-state index in [1.807, 2.05) is 13.8 Å². The molecular weight excluding hydrogens is 335 g/mol. The van der Waals surface area contributed by atoms with Crippen molar-refractivity contribution in [2.24, 2.45) is 0 Å². The Kier molecular flexibility index (Phi) is 4.04. The molecule has 20 heavy (non-hydrogen) atoms. The monoisotopic (exact) mass is 345 g/mol. The minimum atomic E-state index is -4.39. The standard InChI is InChI=1S/C14H11BrF3NO/c1-8-5-11(6-9(2)13(8)15)20-12-4-3-10(7-19-12)14(16,17)18/h3-7H,1-2H3. The third-order valence-corrected chi connectivity index (χ3v) is 3.95. The number of hydrogen-bond donors (Lipinski definition) is 0. The van der Waals surface area contributed by atoms with Gasteiger partial charge in [-0.2, -0.15) is 13.2 Å². The molecule has 2 aromatic rings. The Bertz CT molecular complexity index is 600. The molecular formula is C14H11BrF3NO. The average Bonchev–Trinajstić information content (AvgIpc) is 2.35. The van der Waals surface area contributed by atoms with Crippen molar-refractivity contribution in [3.8, 4) is 11.6 Å². The van der Waals surface area contributed by atoms with E-state index < -0.39 is 11.7 Å². The number of nitrogens with zero attached hydrogens (tertiary/aromatic N) is 1. The maximum Gasteiger partial charge on any atom is 0.417 e. The highest BCUT2D eigenvalue weighted by molar-refractivity contribution is 9.10. The van der Waals surface area contributed by atoms with Gasteiger partial charge in [-0.25, -0.2) is 4.98 Å². The summed E-state index contributed by atoms with van der Waals surface area (Å²) >= 11 is 3.43. The number of halogens is 4. The summed E-state index contributed by atoms with van der Waals surface area (Å²) in [6, 6.07) is 5.73. The number of ether oxygens (including phenoxy) is 1. The number of benzene rings is 1. The van der Waals surface area contributed by atoms with Crippen LogP contribution in [0.25, 0.3) is 0 Å². The number of hydrogen-bond acceptors (Lipinski definition) is 2. The maximum absolute atomic E-state index is 12.4. The lowest BCUT2D eigenvalue weighted by molar-refractivity contribution is -0.137. The van der Waals surface area contributed by atoms with E-state index in [-0.39, 0.29) is 5.88 Å². The largest absolute Gasteiger partial charge is 0.439 e. The Morgan fingerprint density at radius 2 is 1.70 bits per heavy atom. The molecule has 2 rings (SSSR count). The Balaban J connectivity index is 2.23. The van der Waals surface area contributed by atoms with Crippen LogP contribution in [0.1, 0.15) is 16.7 Å². The lowest BCUT2D eigenvalue weighted by Gasteiger charge is -2.10. The van der Waals surface area contributed by atoms with E-state index in [2.05, 4.69) is 20.9 Å². The first-order valence-corrected chi connectivity index (χ1v) is 6.54. The van der Waals surface area contributed by atoms with Gasteiger partial charge in [-0.3, -0.25) is 0 Å². The molecule has 0 spiro atoms. The summed E-state index contributed by atoms with van der Waals surface area (Å²) < 4.78 is 43.7. The molecule has 0 saturated heterocycles. The third kappa shape index (κ3) is 3.30. The van der Waals surface area contributed by atoms with E-state index in [1.54, 1.807) is 12.1 Å². The fraction of sp³-hybridized carbons (Fsp3) is 0.214. The zero-order valence-electron chi connectivity index (χ0n) is 10.8. The summed E-state index contributed by atoms with van der Waals surface area (Å²) in [4.78, 5) is 3.67. The van der Waals surface area contributed by atoms with Gasteiger partial charge in [-0.1, -0.05) is 15.9 Å². The number of pyridine rings is 1. The van der Waals surface area contributed by atoms with Gasteiger partial charge >= 0.3 is 6.18 Å². The predicted octanol–water partition coefficient (Wildman–Crippen LogP) is 5.27. The van der Waals surface area contributed by atoms with E-state index in [9.17, 15) is 13.2 Å². The molecule has 6 heteroatoms. The molecule has 0 radical (unpaired) electrons. The van der Waals surface area contributed by atoms with Crippen LogP contribution in [0, 0.1) is 13.8 Å². The van der Waals surface area contributed by atoms with Crippen LogP contribution in [0.2, 0.25) is 0 Å². The summed E-state index contributed by atoms with van der Waals surface area (Å²) in [5, 5.41) is 0. The molecule has 0 aliphatic rings. The highest BCUT2D eigenvalue weighted by atomic mass is 79.9. The lowest BCUT2D eigenvalue weighted by atomic mass is 10.1. The van der Waals surface area contributed by atoms with Crippen LogP contribution >= 0.6 is 15.9 Å². The second-order valence-electron chi connectivity index (χ2n) is 4.36. The first-order valence-electron chi connectivity index (χ1n) is 5.75. The predicted molar refractivity (Wildman–Crippen MR) is 72.9 cm³/mol. The number of aromatic nitrogens is 1. The van der Waals surface area contributed by atoms with E-state index in [4.69, 9.17) is 4.74 Å². The molecule has 1 aromatic heterocycles. The zero-order valence-corrected chi connectivity index (χ0v) is 12.3. The van der Waals surface area contributed by atoms with Crippen LogP contribution in [0.3, 0.4) is 0 Å². The van der Waals surface area contributed by atoms with E-state index >= 15 is 0 Å². The summed E-state index contributed by atoms with van der Waals surface area (Å²) in [6.07, 6.45) is -3.63. The molecule has 0 saturated carbocycles. The second-order valence-corrected chi connectivity index (χ2v) is 5.15. The minimum Gasteiger partial charge on any atom is -0.439 e. The summed E-state index contributed by atoms with van der Waals surface area (Å²) in [5.41, 5.74) is 1.16. The number of rotatable bonds is 2. The SMILES string of the molecule is Cc1cc(Oc2ccc(C(F)(F)F)cn2)cc(C)c1Br. The third-order valence-electron chi connectivity index (χ3n) is 2.70. The Morgan fingerprint density at radius 3 is 2.15 bits per heavy atom. The molecule has 0 aliphatic carbocycles. The molecule has 0 fully saturated rings. The van der Waals surface area contributed by atoms with E-state index in [0.29, 0.717) is 5.75 Å². The van der Waals surface area contributed by atoms with Crippen LogP contribution in [0.4, 0.5) is 13.2 Å². The van der Waals surface area contributed by atoms with Crippen molar-refractivity contribution in [2.45, 2.75) is 20.0 Å². The Morgan fingerprint density at radius 1 is 1.10 bits per heavy atom. The van der Waals surface area contributed by atoms with Gasteiger partial charge in [-0.15, -0.1) is 0 Å². The number of aryl methyl sites for hydroxylation is 2. The highest BCUT2D eigenvalue weighted by Crippen LogP contribution is 2.31. The summed E-state index contributed by atoms with van der Waals surface area (Å²) in [6.45, 7) is 3.81. The van der Waals surface area contributed by atoms with Gasteiger partial charge in [0.2, 0.25) is 5.88 Å². The maximum atomic E-state index is 12.4. The normalized spacial score (nSPS) is 11.5. The molecule has 1 aromatic carbocycles. The van der Waals surface area contributed by atoms with Crippen molar-refractivity contribution in [2.75, 3.05) is 0 Å². The molecule has 0 atom stereocenters. The van der Waals surface area contributed by atoms with Crippen molar-refractivity contribution in [3.63, 3.8) is 0 Å². The van der Waals surface area contributed by atoms with Gasteiger partial charge in [0.15, 0.2) is 0 Å². The van der Waals surface area contributed by atoms with Crippen LogP contribution in [0.15, 0.2) is 34.9 Å². The summed E-state index contributed by atoms with van der Waals surface area (Å²) in [7, 11) is 0. The van der Waals surface area contributed by atoms with Crippen LogP contribution in [-0.2, 0) is 6.18 Å². The number of alkyl halides is 3. The Labute approximate surface area is 122 Å². The topological polar surface area (TPSA) is 22.1 Å². The van der Waals surface area contributed by atoms with Crippen molar-refractivity contribution in [1.82, 2.24) is 4.98 Å². The van der Waals surface area contributed by atoms with Gasteiger partial charge in [0, 0.05) is 16.7 Å². The summed E-state index contributed by atoms with van der Waals surface area (Å²) in [5.74, 6) is 0.662. The van der Waals surface area contributed by atoms with Crippen LogP contribution in [-0.4, -0.2) is 4.98 Å². The second kappa shape index (κ2) is 5.44. The van der Waals surface area contributed by atoms with Gasteiger partial charge in [0.1, 0.15) is 5.75 Å². The molecule has 0 N–H and O–H groups in total. The van der Waals surface area contributed by atoms with Gasteiger partial charge in [0.05, 0.1) is 5.56 Å². The smallest absolute Gasteiger partial charge is 0.417 e. The molecule has 0 unspecified atom stereocenters. The van der Waals surface area contributed by atoms with Crippen LogP contribution in [0.5, 0.6) is 11.6 Å². The van der Waals surface area contributed by atoms with Gasteiger partial charge < -0.3 is 4.74 Å². The van der Waals surface area contributed by atoms with Crippen molar-refractivity contribution >= 4 is 15.9 Å². The molecule has 2 nitrogen and oxygen atoms in total. The van der Waals surface area contributed by atoms with Crippen molar-refractivity contribution in [1.29, 1.82) is 0 Å². The minimum absolute atomic E-state index is 0.124.